The first-order valence-corrected chi connectivity index (χ1v) is 10.8. The van der Waals surface area contributed by atoms with Gasteiger partial charge in [0.2, 0.25) is 10.0 Å². The molecule has 0 aliphatic carbocycles. The van der Waals surface area contributed by atoms with E-state index in [1.165, 1.54) is 9.75 Å². The highest BCUT2D eigenvalue weighted by Crippen LogP contribution is 2.16. The first kappa shape index (κ1) is 20.4. The van der Waals surface area contributed by atoms with E-state index >= 15 is 0 Å². The molecule has 3 N–H and O–H groups in total. The fraction of sp³-hybridized carbons (Fsp3) is 0.389. The molecule has 8 heteroatoms. The van der Waals surface area contributed by atoms with Crippen LogP contribution in [0.5, 0.6) is 0 Å². The summed E-state index contributed by atoms with van der Waals surface area (Å²) in [6.45, 7) is 5.47. The molecule has 0 saturated carbocycles. The Labute approximate surface area is 159 Å². The molecule has 0 atom stereocenters. The van der Waals surface area contributed by atoms with Crippen molar-refractivity contribution in [2.75, 3.05) is 20.1 Å². The number of rotatable bonds is 8. The van der Waals surface area contributed by atoms with Gasteiger partial charge in [-0.2, -0.15) is 0 Å². The molecule has 0 aliphatic rings. The van der Waals surface area contributed by atoms with Crippen molar-refractivity contribution in [3.63, 3.8) is 0 Å². The third kappa shape index (κ3) is 6.12. The van der Waals surface area contributed by atoms with Crippen molar-refractivity contribution in [3.05, 3.63) is 51.7 Å². The molecule has 2 aromatic rings. The Hall–Kier alpha value is -1.90. The van der Waals surface area contributed by atoms with Crippen LogP contribution in [0, 0.1) is 6.92 Å². The van der Waals surface area contributed by atoms with E-state index in [4.69, 9.17) is 0 Å². The van der Waals surface area contributed by atoms with Gasteiger partial charge in [-0.15, -0.1) is 11.3 Å². The minimum absolute atomic E-state index is 0.273. The van der Waals surface area contributed by atoms with Crippen molar-refractivity contribution >= 4 is 27.3 Å². The Kier molecular flexibility index (Phi) is 7.62. The van der Waals surface area contributed by atoms with Crippen LogP contribution in [0.3, 0.4) is 0 Å². The molecule has 142 valence electrons. The molecular formula is C18H26N4O2S2. The van der Waals surface area contributed by atoms with Crippen LogP contribution in [0.2, 0.25) is 0 Å². The number of hydrogen-bond donors (Lipinski definition) is 3. The summed E-state index contributed by atoms with van der Waals surface area (Å²) in [5.41, 5.74) is 1.03. The summed E-state index contributed by atoms with van der Waals surface area (Å²) < 4.78 is 27.0. The molecule has 0 amide bonds. The molecule has 1 aromatic heterocycles. The van der Waals surface area contributed by atoms with Gasteiger partial charge >= 0.3 is 0 Å². The average molecular weight is 395 g/mol. The van der Waals surface area contributed by atoms with Gasteiger partial charge in [-0.1, -0.05) is 24.6 Å². The van der Waals surface area contributed by atoms with Crippen molar-refractivity contribution in [2.24, 2.45) is 4.99 Å². The zero-order chi connectivity index (χ0) is 19.0. The summed E-state index contributed by atoms with van der Waals surface area (Å²) >= 11 is 1.78. The van der Waals surface area contributed by atoms with E-state index in [2.05, 4.69) is 39.4 Å². The summed E-state index contributed by atoms with van der Waals surface area (Å²) in [6.07, 6.45) is 1.04. The molecule has 1 heterocycles. The summed E-state index contributed by atoms with van der Waals surface area (Å²) in [5.74, 6) is 0.644. The zero-order valence-electron chi connectivity index (χ0n) is 15.4. The van der Waals surface area contributed by atoms with Crippen LogP contribution in [0.4, 0.5) is 0 Å². The standard InChI is InChI=1S/C18H26N4O2S2/c1-4-15-7-8-16(25-15)13-21-18(19-3)20-11-12-22-26(23,24)17-9-5-14(2)6-10-17/h5-10,22H,4,11-13H2,1-3H3,(H2,19,20,21). The molecule has 0 saturated heterocycles. The Morgan fingerprint density at radius 2 is 1.73 bits per heavy atom. The lowest BCUT2D eigenvalue weighted by molar-refractivity contribution is 0.580. The fourth-order valence-electron chi connectivity index (χ4n) is 2.27. The second-order valence-electron chi connectivity index (χ2n) is 5.78. The third-order valence-corrected chi connectivity index (χ3v) is 6.47. The number of hydrogen-bond acceptors (Lipinski definition) is 4. The largest absolute Gasteiger partial charge is 0.355 e. The molecule has 6 nitrogen and oxygen atoms in total. The fourth-order valence-corrected chi connectivity index (χ4v) is 4.20. The minimum Gasteiger partial charge on any atom is -0.355 e. The molecular weight excluding hydrogens is 368 g/mol. The van der Waals surface area contributed by atoms with Crippen molar-refractivity contribution in [2.45, 2.75) is 31.7 Å². The minimum atomic E-state index is -3.49. The second-order valence-corrected chi connectivity index (χ2v) is 8.80. The number of nitrogens with one attached hydrogen (secondary N) is 3. The molecule has 0 bridgehead atoms. The van der Waals surface area contributed by atoms with Gasteiger partial charge in [-0.3, -0.25) is 4.99 Å². The number of benzene rings is 1. The van der Waals surface area contributed by atoms with Crippen LogP contribution in [0.1, 0.15) is 22.2 Å². The normalized spacial score (nSPS) is 12.2. The lowest BCUT2D eigenvalue weighted by Gasteiger charge is -2.12. The van der Waals surface area contributed by atoms with Gasteiger partial charge in [0.25, 0.3) is 0 Å². The zero-order valence-corrected chi connectivity index (χ0v) is 17.0. The van der Waals surface area contributed by atoms with Crippen molar-refractivity contribution in [1.29, 1.82) is 0 Å². The third-order valence-electron chi connectivity index (χ3n) is 3.76. The highest BCUT2D eigenvalue weighted by molar-refractivity contribution is 7.89. The van der Waals surface area contributed by atoms with Gasteiger partial charge in [-0.25, -0.2) is 13.1 Å². The van der Waals surface area contributed by atoms with E-state index in [1.807, 2.05) is 6.92 Å². The Bertz CT molecular complexity index is 827. The van der Waals surface area contributed by atoms with Crippen molar-refractivity contribution in [3.8, 4) is 0 Å². The Balaban J connectivity index is 1.75. The number of aryl methyl sites for hydroxylation is 2. The van der Waals surface area contributed by atoms with Crippen LogP contribution < -0.4 is 15.4 Å². The summed E-state index contributed by atoms with van der Waals surface area (Å²) in [5, 5.41) is 6.34. The van der Waals surface area contributed by atoms with E-state index in [1.54, 1.807) is 42.6 Å². The molecule has 0 fully saturated rings. The number of nitrogens with zero attached hydrogens (tertiary/aromatic N) is 1. The number of aliphatic imine (C=N–C) groups is 1. The van der Waals surface area contributed by atoms with Gasteiger partial charge in [0.1, 0.15) is 0 Å². The molecule has 0 spiro atoms. The molecule has 0 radical (unpaired) electrons. The van der Waals surface area contributed by atoms with E-state index in [0.29, 0.717) is 19.0 Å². The van der Waals surface area contributed by atoms with Gasteiger partial charge in [0, 0.05) is 29.9 Å². The maximum absolute atomic E-state index is 12.2. The topological polar surface area (TPSA) is 82.6 Å². The van der Waals surface area contributed by atoms with Crippen LogP contribution in [-0.4, -0.2) is 34.5 Å². The van der Waals surface area contributed by atoms with Crippen LogP contribution in [0.25, 0.3) is 0 Å². The van der Waals surface area contributed by atoms with Crippen LogP contribution >= 0.6 is 11.3 Å². The smallest absolute Gasteiger partial charge is 0.240 e. The monoisotopic (exact) mass is 394 g/mol. The van der Waals surface area contributed by atoms with Crippen molar-refractivity contribution in [1.82, 2.24) is 15.4 Å². The molecule has 2 rings (SSSR count). The first-order chi connectivity index (χ1) is 12.4. The highest BCUT2D eigenvalue weighted by Gasteiger charge is 2.12. The molecule has 26 heavy (non-hydrogen) atoms. The van der Waals surface area contributed by atoms with Gasteiger partial charge in [0.15, 0.2) is 5.96 Å². The Morgan fingerprint density at radius 3 is 2.35 bits per heavy atom. The second kappa shape index (κ2) is 9.70. The highest BCUT2D eigenvalue weighted by atomic mass is 32.2. The van der Waals surface area contributed by atoms with E-state index in [0.717, 1.165) is 12.0 Å². The molecule has 0 unspecified atom stereocenters. The van der Waals surface area contributed by atoms with Gasteiger partial charge < -0.3 is 10.6 Å². The maximum Gasteiger partial charge on any atom is 0.240 e. The average Bonchev–Trinajstić information content (AvgIpc) is 3.09. The quantitative estimate of drug-likeness (QED) is 0.364. The lowest BCUT2D eigenvalue weighted by Crippen LogP contribution is -2.41. The predicted octanol–water partition coefficient (Wildman–Crippen LogP) is 2.26. The number of thiophene rings is 1. The van der Waals surface area contributed by atoms with Crippen molar-refractivity contribution < 1.29 is 8.42 Å². The van der Waals surface area contributed by atoms with E-state index in [-0.39, 0.29) is 11.4 Å². The number of guanidine groups is 1. The SMILES string of the molecule is CCc1ccc(CNC(=NC)NCCNS(=O)(=O)c2ccc(C)cc2)s1. The number of sulfonamides is 1. The van der Waals surface area contributed by atoms with Crippen LogP contribution in [-0.2, 0) is 23.0 Å². The Morgan fingerprint density at radius 1 is 1.04 bits per heavy atom. The maximum atomic E-state index is 12.2. The van der Waals surface area contributed by atoms with Gasteiger partial charge in [0.05, 0.1) is 11.4 Å². The first-order valence-electron chi connectivity index (χ1n) is 8.53. The molecule has 1 aromatic carbocycles. The summed E-state index contributed by atoms with van der Waals surface area (Å²) in [7, 11) is -1.79. The van der Waals surface area contributed by atoms with E-state index in [9.17, 15) is 8.42 Å². The predicted molar refractivity (Wildman–Crippen MR) is 108 cm³/mol. The van der Waals surface area contributed by atoms with Gasteiger partial charge in [-0.05, 0) is 37.6 Å². The molecule has 0 aliphatic heterocycles. The van der Waals surface area contributed by atoms with E-state index < -0.39 is 10.0 Å². The summed E-state index contributed by atoms with van der Waals surface area (Å²) in [6, 6.07) is 11.0. The van der Waals surface area contributed by atoms with Crippen LogP contribution in [0.15, 0.2) is 46.3 Å². The summed E-state index contributed by atoms with van der Waals surface area (Å²) in [4.78, 5) is 7.02. The lowest BCUT2D eigenvalue weighted by atomic mass is 10.2.